The van der Waals surface area contributed by atoms with E-state index in [1.54, 1.807) is 0 Å². The number of halogens is 1. The van der Waals surface area contributed by atoms with E-state index in [0.29, 0.717) is 6.04 Å². The molecule has 0 aliphatic carbocycles. The summed E-state index contributed by atoms with van der Waals surface area (Å²) in [6, 6.07) is 8.51. The zero-order chi connectivity index (χ0) is 15.3. The lowest BCUT2D eigenvalue weighted by molar-refractivity contribution is 0.0494. The van der Waals surface area contributed by atoms with E-state index in [9.17, 15) is 0 Å². The van der Waals surface area contributed by atoms with Gasteiger partial charge in [0.05, 0.1) is 12.7 Å². The molecule has 0 spiro atoms. The van der Waals surface area contributed by atoms with Crippen molar-refractivity contribution in [3.05, 3.63) is 28.7 Å². The average molecular weight is 356 g/mol. The molecule has 0 amide bonds. The predicted octanol–water partition coefficient (Wildman–Crippen LogP) is 4.01. The van der Waals surface area contributed by atoms with Crippen molar-refractivity contribution in [2.24, 2.45) is 5.41 Å². The molecule has 2 atom stereocenters. The first-order valence-corrected chi connectivity index (χ1v) is 8.54. The van der Waals surface area contributed by atoms with E-state index in [1.165, 1.54) is 0 Å². The third-order valence-electron chi connectivity index (χ3n) is 4.36. The van der Waals surface area contributed by atoms with Crippen LogP contribution in [0.3, 0.4) is 0 Å². The molecular weight excluding hydrogens is 330 g/mol. The van der Waals surface area contributed by atoms with Gasteiger partial charge in [0.1, 0.15) is 5.75 Å². The van der Waals surface area contributed by atoms with Crippen molar-refractivity contribution < 1.29 is 9.47 Å². The van der Waals surface area contributed by atoms with Crippen molar-refractivity contribution in [3.63, 3.8) is 0 Å². The van der Waals surface area contributed by atoms with Crippen LogP contribution in [-0.4, -0.2) is 31.9 Å². The molecule has 1 aliphatic rings. The first-order valence-electron chi connectivity index (χ1n) is 7.75. The van der Waals surface area contributed by atoms with Crippen molar-refractivity contribution in [2.45, 2.75) is 45.8 Å². The van der Waals surface area contributed by atoms with Gasteiger partial charge in [0.25, 0.3) is 0 Å². The SMILES string of the molecule is CC(C)NCC1(CCOc2cccc(Br)c2)CCOC1C. The highest BCUT2D eigenvalue weighted by Crippen LogP contribution is 2.38. The Morgan fingerprint density at radius 1 is 1.48 bits per heavy atom. The minimum absolute atomic E-state index is 0.191. The van der Waals surface area contributed by atoms with Gasteiger partial charge in [-0.3, -0.25) is 0 Å². The first-order chi connectivity index (χ1) is 10.0. The Morgan fingerprint density at radius 2 is 2.29 bits per heavy atom. The Morgan fingerprint density at radius 3 is 2.90 bits per heavy atom. The minimum atomic E-state index is 0.191. The number of nitrogens with one attached hydrogen (secondary N) is 1. The Hall–Kier alpha value is -0.580. The lowest BCUT2D eigenvalue weighted by Crippen LogP contribution is -2.42. The fraction of sp³-hybridized carbons (Fsp3) is 0.647. The zero-order valence-electron chi connectivity index (χ0n) is 13.2. The van der Waals surface area contributed by atoms with Crippen LogP contribution in [-0.2, 0) is 4.74 Å². The molecule has 4 heteroatoms. The van der Waals surface area contributed by atoms with Crippen LogP contribution in [0.5, 0.6) is 5.75 Å². The van der Waals surface area contributed by atoms with Crippen molar-refractivity contribution in [1.82, 2.24) is 5.32 Å². The number of ether oxygens (including phenoxy) is 2. The maximum Gasteiger partial charge on any atom is 0.120 e. The zero-order valence-corrected chi connectivity index (χ0v) is 14.8. The Balaban J connectivity index is 1.90. The van der Waals surface area contributed by atoms with Gasteiger partial charge in [0.2, 0.25) is 0 Å². The van der Waals surface area contributed by atoms with Crippen LogP contribution in [0.1, 0.15) is 33.6 Å². The van der Waals surface area contributed by atoms with Crippen LogP contribution in [0.2, 0.25) is 0 Å². The van der Waals surface area contributed by atoms with Gasteiger partial charge < -0.3 is 14.8 Å². The summed E-state index contributed by atoms with van der Waals surface area (Å²) in [7, 11) is 0. The third-order valence-corrected chi connectivity index (χ3v) is 4.85. The van der Waals surface area contributed by atoms with Crippen LogP contribution in [0.15, 0.2) is 28.7 Å². The molecule has 2 rings (SSSR count). The molecule has 1 fully saturated rings. The molecule has 0 aromatic heterocycles. The van der Waals surface area contributed by atoms with Crippen molar-refractivity contribution in [3.8, 4) is 5.75 Å². The second-order valence-corrected chi connectivity index (χ2v) is 7.13. The van der Waals surface area contributed by atoms with Crippen molar-refractivity contribution >= 4 is 15.9 Å². The minimum Gasteiger partial charge on any atom is -0.494 e. The standard InChI is InChI=1S/C17H26BrNO2/c1-13(2)19-12-17(7-9-20-14(17)3)8-10-21-16-6-4-5-15(18)11-16/h4-6,11,13-14,19H,7-10,12H2,1-3H3. The third kappa shape index (κ3) is 4.70. The van der Waals surface area contributed by atoms with Gasteiger partial charge in [0, 0.05) is 29.1 Å². The summed E-state index contributed by atoms with van der Waals surface area (Å²) in [5.41, 5.74) is 0.191. The quantitative estimate of drug-likeness (QED) is 0.801. The van der Waals surface area contributed by atoms with Crippen LogP contribution in [0, 0.1) is 5.41 Å². The van der Waals surface area contributed by atoms with E-state index in [0.717, 1.165) is 42.8 Å². The summed E-state index contributed by atoms with van der Waals surface area (Å²) in [6.07, 6.45) is 2.41. The summed E-state index contributed by atoms with van der Waals surface area (Å²) in [5, 5.41) is 3.57. The monoisotopic (exact) mass is 355 g/mol. The first kappa shape index (κ1) is 16.8. The summed E-state index contributed by atoms with van der Waals surface area (Å²) in [4.78, 5) is 0. The molecule has 1 heterocycles. The summed E-state index contributed by atoms with van der Waals surface area (Å²) in [6.45, 7) is 9.14. The molecular formula is C17H26BrNO2. The molecule has 2 unspecified atom stereocenters. The molecule has 0 bridgehead atoms. The lowest BCUT2D eigenvalue weighted by Gasteiger charge is -2.33. The molecule has 1 saturated heterocycles. The van der Waals surface area contributed by atoms with Gasteiger partial charge >= 0.3 is 0 Å². The van der Waals surface area contributed by atoms with Crippen molar-refractivity contribution in [2.75, 3.05) is 19.8 Å². The van der Waals surface area contributed by atoms with Crippen LogP contribution in [0.4, 0.5) is 0 Å². The van der Waals surface area contributed by atoms with E-state index in [1.807, 2.05) is 24.3 Å². The summed E-state index contributed by atoms with van der Waals surface area (Å²) < 4.78 is 12.8. The highest BCUT2D eigenvalue weighted by molar-refractivity contribution is 9.10. The number of benzene rings is 1. The number of rotatable bonds is 7. The maximum atomic E-state index is 5.92. The van der Waals surface area contributed by atoms with E-state index in [2.05, 4.69) is 42.0 Å². The molecule has 1 N–H and O–H groups in total. The highest BCUT2D eigenvalue weighted by Gasteiger charge is 2.41. The lowest BCUT2D eigenvalue weighted by atomic mass is 9.78. The second-order valence-electron chi connectivity index (χ2n) is 6.22. The maximum absolute atomic E-state index is 5.92. The van der Waals surface area contributed by atoms with E-state index < -0.39 is 0 Å². The normalized spacial score (nSPS) is 25.5. The van der Waals surface area contributed by atoms with Gasteiger partial charge in [-0.25, -0.2) is 0 Å². The van der Waals surface area contributed by atoms with Gasteiger partial charge in [-0.2, -0.15) is 0 Å². The van der Waals surface area contributed by atoms with E-state index >= 15 is 0 Å². The molecule has 1 aromatic carbocycles. The number of hydrogen-bond donors (Lipinski definition) is 1. The van der Waals surface area contributed by atoms with Crippen LogP contribution < -0.4 is 10.1 Å². The van der Waals surface area contributed by atoms with E-state index in [-0.39, 0.29) is 11.5 Å². The summed E-state index contributed by atoms with van der Waals surface area (Å²) >= 11 is 3.47. The molecule has 1 aromatic rings. The topological polar surface area (TPSA) is 30.5 Å². The summed E-state index contributed by atoms with van der Waals surface area (Å²) in [5.74, 6) is 0.919. The molecule has 3 nitrogen and oxygen atoms in total. The predicted molar refractivity (Wildman–Crippen MR) is 89.9 cm³/mol. The fourth-order valence-corrected chi connectivity index (χ4v) is 3.18. The molecule has 1 aliphatic heterocycles. The van der Waals surface area contributed by atoms with Crippen molar-refractivity contribution in [1.29, 1.82) is 0 Å². The second kappa shape index (κ2) is 7.61. The van der Waals surface area contributed by atoms with Gasteiger partial charge in [-0.15, -0.1) is 0 Å². The Labute approximate surface area is 136 Å². The number of hydrogen-bond acceptors (Lipinski definition) is 3. The largest absolute Gasteiger partial charge is 0.494 e. The van der Waals surface area contributed by atoms with Gasteiger partial charge in [0.15, 0.2) is 0 Å². The highest BCUT2D eigenvalue weighted by atomic mass is 79.9. The molecule has 21 heavy (non-hydrogen) atoms. The average Bonchev–Trinajstić information content (AvgIpc) is 2.78. The van der Waals surface area contributed by atoms with Crippen LogP contribution >= 0.6 is 15.9 Å². The molecule has 0 saturated carbocycles. The Kier molecular flexibility index (Phi) is 6.08. The van der Waals surface area contributed by atoms with Gasteiger partial charge in [-0.1, -0.05) is 35.8 Å². The van der Waals surface area contributed by atoms with E-state index in [4.69, 9.17) is 9.47 Å². The smallest absolute Gasteiger partial charge is 0.120 e. The fourth-order valence-electron chi connectivity index (χ4n) is 2.80. The van der Waals surface area contributed by atoms with Gasteiger partial charge in [-0.05, 0) is 38.0 Å². The Bertz CT molecular complexity index is 452. The molecule has 0 radical (unpaired) electrons. The molecule has 118 valence electrons. The van der Waals surface area contributed by atoms with Crippen LogP contribution in [0.25, 0.3) is 0 Å².